The maximum absolute atomic E-state index is 11.9. The van der Waals surface area contributed by atoms with Gasteiger partial charge in [0.15, 0.2) is 0 Å². The van der Waals surface area contributed by atoms with Crippen molar-refractivity contribution in [2.75, 3.05) is 0 Å². The summed E-state index contributed by atoms with van der Waals surface area (Å²) in [4.78, 5) is 11.9. The quantitative estimate of drug-likeness (QED) is 0.851. The van der Waals surface area contributed by atoms with E-state index < -0.39 is 11.4 Å². The van der Waals surface area contributed by atoms with E-state index in [0.717, 1.165) is 49.7 Å². The van der Waals surface area contributed by atoms with Crippen molar-refractivity contribution in [1.82, 2.24) is 0 Å². The van der Waals surface area contributed by atoms with Crippen LogP contribution in [0.1, 0.15) is 56.1 Å². The Kier molecular flexibility index (Phi) is 5.09. The summed E-state index contributed by atoms with van der Waals surface area (Å²) in [5.41, 5.74) is 1.46. The largest absolute Gasteiger partial charge is 0.481 e. The third-order valence-electron chi connectivity index (χ3n) is 4.50. The first-order valence-corrected chi connectivity index (χ1v) is 7.90. The normalized spacial score (nSPS) is 19.1. The Morgan fingerprint density at radius 2 is 1.80 bits per heavy atom. The van der Waals surface area contributed by atoms with Crippen LogP contribution in [0, 0.1) is 12.3 Å². The predicted octanol–water partition coefficient (Wildman–Crippen LogP) is 5.01. The van der Waals surface area contributed by atoms with Crippen molar-refractivity contribution in [2.45, 2.75) is 58.3 Å². The molecular formula is C17H23ClO2. The van der Waals surface area contributed by atoms with E-state index >= 15 is 0 Å². The van der Waals surface area contributed by atoms with Crippen LogP contribution in [0.25, 0.3) is 0 Å². The number of rotatable bonds is 3. The number of aliphatic carboxylic acids is 1. The third kappa shape index (κ3) is 3.54. The lowest BCUT2D eigenvalue weighted by atomic mass is 9.72. The van der Waals surface area contributed by atoms with Gasteiger partial charge < -0.3 is 5.11 Å². The van der Waals surface area contributed by atoms with Gasteiger partial charge in [-0.3, -0.25) is 4.79 Å². The number of carboxylic acids is 1. The fourth-order valence-electron chi connectivity index (χ4n) is 3.21. The Morgan fingerprint density at radius 1 is 1.20 bits per heavy atom. The molecule has 2 rings (SSSR count). The molecule has 0 heterocycles. The zero-order chi connectivity index (χ0) is 14.6. The molecule has 20 heavy (non-hydrogen) atoms. The molecule has 1 aliphatic carbocycles. The number of carboxylic acid groups (broad SMARTS) is 1. The highest BCUT2D eigenvalue weighted by atomic mass is 35.5. The van der Waals surface area contributed by atoms with Gasteiger partial charge in [-0.25, -0.2) is 0 Å². The van der Waals surface area contributed by atoms with E-state index in [4.69, 9.17) is 11.6 Å². The second-order valence-electron chi connectivity index (χ2n) is 6.12. The molecule has 3 heteroatoms. The number of hydrogen-bond donors (Lipinski definition) is 1. The molecule has 110 valence electrons. The number of hydrogen-bond acceptors (Lipinski definition) is 1. The van der Waals surface area contributed by atoms with Crippen molar-refractivity contribution >= 4 is 17.6 Å². The Morgan fingerprint density at radius 3 is 2.35 bits per heavy atom. The summed E-state index contributed by atoms with van der Waals surface area (Å²) >= 11 is 6.30. The van der Waals surface area contributed by atoms with Gasteiger partial charge in [0, 0.05) is 5.02 Å². The second kappa shape index (κ2) is 6.62. The monoisotopic (exact) mass is 294 g/mol. The molecule has 0 bridgehead atoms. The minimum Gasteiger partial charge on any atom is -0.481 e. The van der Waals surface area contributed by atoms with Crippen molar-refractivity contribution in [1.29, 1.82) is 0 Å². The molecule has 2 nitrogen and oxygen atoms in total. The van der Waals surface area contributed by atoms with Gasteiger partial charge in [-0.15, -0.1) is 0 Å². The third-order valence-corrected chi connectivity index (χ3v) is 4.85. The first-order valence-electron chi connectivity index (χ1n) is 7.52. The van der Waals surface area contributed by atoms with Crippen LogP contribution in [0.2, 0.25) is 5.02 Å². The van der Waals surface area contributed by atoms with E-state index in [1.54, 1.807) is 0 Å². The van der Waals surface area contributed by atoms with E-state index in [1.807, 2.05) is 25.1 Å². The molecule has 0 amide bonds. The maximum Gasteiger partial charge on any atom is 0.309 e. The molecule has 1 aromatic rings. The molecule has 1 aliphatic rings. The molecule has 0 aromatic heterocycles. The second-order valence-corrected chi connectivity index (χ2v) is 6.53. The van der Waals surface area contributed by atoms with Crippen molar-refractivity contribution in [3.8, 4) is 0 Å². The topological polar surface area (TPSA) is 37.3 Å². The number of halogens is 1. The van der Waals surface area contributed by atoms with E-state index in [2.05, 4.69) is 0 Å². The van der Waals surface area contributed by atoms with Crippen LogP contribution < -0.4 is 0 Å². The molecule has 0 unspecified atom stereocenters. The molecule has 1 fully saturated rings. The standard InChI is InChI=1S/C17H23ClO2/c1-13-7-8-14(15(18)11-13)12-17(16(19)20)9-5-3-2-4-6-10-17/h7-8,11H,2-6,9-10,12H2,1H3,(H,19,20). The lowest BCUT2D eigenvalue weighted by Crippen LogP contribution is -2.34. The van der Waals surface area contributed by atoms with E-state index in [9.17, 15) is 9.90 Å². The van der Waals surface area contributed by atoms with Crippen molar-refractivity contribution in [3.63, 3.8) is 0 Å². The Hall–Kier alpha value is -1.02. The fourth-order valence-corrected chi connectivity index (χ4v) is 3.51. The molecule has 1 saturated carbocycles. The van der Waals surface area contributed by atoms with Crippen LogP contribution in [0.15, 0.2) is 18.2 Å². The van der Waals surface area contributed by atoms with Gasteiger partial charge >= 0.3 is 5.97 Å². The van der Waals surface area contributed by atoms with E-state index in [1.165, 1.54) is 6.42 Å². The first kappa shape index (κ1) is 15.4. The Bertz CT molecular complexity index is 474. The summed E-state index contributed by atoms with van der Waals surface area (Å²) in [5, 5.41) is 10.5. The van der Waals surface area contributed by atoms with Gasteiger partial charge in [0.2, 0.25) is 0 Å². The van der Waals surface area contributed by atoms with Crippen LogP contribution >= 0.6 is 11.6 Å². The van der Waals surface area contributed by atoms with Crippen LogP contribution in [0.5, 0.6) is 0 Å². The summed E-state index contributed by atoms with van der Waals surface area (Å²) in [6.45, 7) is 2.00. The number of benzene rings is 1. The van der Waals surface area contributed by atoms with Crippen molar-refractivity contribution in [3.05, 3.63) is 34.3 Å². The smallest absolute Gasteiger partial charge is 0.309 e. The summed E-state index contributed by atoms with van der Waals surface area (Å²) in [7, 11) is 0. The maximum atomic E-state index is 11.9. The molecule has 0 radical (unpaired) electrons. The zero-order valence-electron chi connectivity index (χ0n) is 12.1. The van der Waals surface area contributed by atoms with Crippen molar-refractivity contribution in [2.24, 2.45) is 5.41 Å². The molecule has 0 aliphatic heterocycles. The van der Waals surface area contributed by atoms with E-state index in [-0.39, 0.29) is 0 Å². The molecule has 0 spiro atoms. The van der Waals surface area contributed by atoms with Gasteiger partial charge in [0.25, 0.3) is 0 Å². The SMILES string of the molecule is Cc1ccc(CC2(C(=O)O)CCCCCCC2)c(Cl)c1. The van der Waals surface area contributed by atoms with E-state index in [0.29, 0.717) is 11.4 Å². The van der Waals surface area contributed by atoms with Crippen LogP contribution in [-0.4, -0.2) is 11.1 Å². The van der Waals surface area contributed by atoms with Gasteiger partial charge in [0.05, 0.1) is 5.41 Å². The Labute approximate surface area is 126 Å². The highest BCUT2D eigenvalue weighted by molar-refractivity contribution is 6.31. The minimum absolute atomic E-state index is 0.557. The average Bonchev–Trinajstić information content (AvgIpc) is 2.35. The highest BCUT2D eigenvalue weighted by Crippen LogP contribution is 2.39. The van der Waals surface area contributed by atoms with Gasteiger partial charge in [-0.1, -0.05) is 55.8 Å². The van der Waals surface area contributed by atoms with Crippen LogP contribution in [-0.2, 0) is 11.2 Å². The lowest BCUT2D eigenvalue weighted by molar-refractivity contribution is -0.150. The lowest BCUT2D eigenvalue weighted by Gasteiger charge is -2.31. The van der Waals surface area contributed by atoms with Crippen molar-refractivity contribution < 1.29 is 9.90 Å². The molecule has 1 N–H and O–H groups in total. The summed E-state index contributed by atoms with van der Waals surface area (Å²) in [5.74, 6) is -0.656. The van der Waals surface area contributed by atoms with Gasteiger partial charge in [-0.05, 0) is 43.4 Å². The highest BCUT2D eigenvalue weighted by Gasteiger charge is 2.38. The zero-order valence-corrected chi connectivity index (χ0v) is 12.9. The molecule has 0 atom stereocenters. The van der Waals surface area contributed by atoms with Gasteiger partial charge in [-0.2, -0.15) is 0 Å². The van der Waals surface area contributed by atoms with Crippen LogP contribution in [0.3, 0.4) is 0 Å². The molecular weight excluding hydrogens is 272 g/mol. The summed E-state index contributed by atoms with van der Waals surface area (Å²) in [6.07, 6.45) is 7.65. The first-order chi connectivity index (χ1) is 9.53. The number of aryl methyl sites for hydroxylation is 1. The fraction of sp³-hybridized carbons (Fsp3) is 0.588. The molecule has 0 saturated heterocycles. The predicted molar refractivity (Wildman–Crippen MR) is 82.3 cm³/mol. The Balaban J connectivity index is 2.25. The minimum atomic E-state index is -0.656. The van der Waals surface area contributed by atoms with Gasteiger partial charge in [0.1, 0.15) is 0 Å². The van der Waals surface area contributed by atoms with Crippen LogP contribution in [0.4, 0.5) is 0 Å². The summed E-state index contributed by atoms with van der Waals surface area (Å²) < 4.78 is 0. The number of carbonyl (C=O) groups is 1. The molecule has 1 aromatic carbocycles. The summed E-state index contributed by atoms with van der Waals surface area (Å²) in [6, 6.07) is 5.93. The average molecular weight is 295 g/mol.